The Kier molecular flexibility index (Phi) is 3.05. The Morgan fingerprint density at radius 1 is 1.29 bits per heavy atom. The maximum absolute atomic E-state index is 10.8. The van der Waals surface area contributed by atoms with Crippen LogP contribution in [-0.4, -0.2) is 5.78 Å². The number of carbonyl (C=O) groups excluding carboxylic acids is 1. The van der Waals surface area contributed by atoms with Crippen molar-refractivity contribution in [3.05, 3.63) is 12.2 Å². The molecule has 0 amide bonds. The van der Waals surface area contributed by atoms with Crippen molar-refractivity contribution < 1.29 is 4.79 Å². The fraction of sp³-hybridized carbons (Fsp3) is 0.769. The van der Waals surface area contributed by atoms with Gasteiger partial charge < -0.3 is 4.79 Å². The standard InChI is InChI=1S/C13H20O/c1-10(14)4-2-3-5-12-8-11-6-7-13(12)9-11/h6-7,11-13H,2-5,8-9H2,1H3. The number of allylic oxidation sites excluding steroid dienone is 2. The SMILES string of the molecule is CC(=O)CCCCC1CC2C=CC1C2. The molecule has 1 heteroatoms. The lowest BCUT2D eigenvalue weighted by molar-refractivity contribution is -0.117. The molecule has 2 aliphatic carbocycles. The summed E-state index contributed by atoms with van der Waals surface area (Å²) in [5.41, 5.74) is 0. The van der Waals surface area contributed by atoms with Crippen LogP contribution in [0.1, 0.15) is 45.4 Å². The van der Waals surface area contributed by atoms with E-state index < -0.39 is 0 Å². The predicted octanol–water partition coefficient (Wildman–Crippen LogP) is 3.35. The van der Waals surface area contributed by atoms with Crippen LogP contribution >= 0.6 is 0 Å². The number of hydrogen-bond donors (Lipinski definition) is 0. The maximum Gasteiger partial charge on any atom is 0.129 e. The maximum atomic E-state index is 10.8. The average Bonchev–Trinajstić information content (AvgIpc) is 2.73. The van der Waals surface area contributed by atoms with Crippen LogP contribution in [-0.2, 0) is 4.79 Å². The molecule has 0 aromatic rings. The third-order valence-corrected chi connectivity index (χ3v) is 3.77. The Labute approximate surface area is 86.6 Å². The topological polar surface area (TPSA) is 17.1 Å². The summed E-state index contributed by atoms with van der Waals surface area (Å²) < 4.78 is 0. The van der Waals surface area contributed by atoms with Crippen LogP contribution in [0.5, 0.6) is 0 Å². The van der Waals surface area contributed by atoms with Crippen LogP contribution in [0.2, 0.25) is 0 Å². The van der Waals surface area contributed by atoms with E-state index in [0.717, 1.165) is 30.6 Å². The smallest absolute Gasteiger partial charge is 0.129 e. The first-order valence-electron chi connectivity index (χ1n) is 5.93. The summed E-state index contributed by atoms with van der Waals surface area (Å²) in [6, 6.07) is 0. The lowest BCUT2D eigenvalue weighted by Gasteiger charge is -2.17. The van der Waals surface area contributed by atoms with E-state index in [-0.39, 0.29) is 0 Å². The summed E-state index contributed by atoms with van der Waals surface area (Å²) >= 11 is 0. The van der Waals surface area contributed by atoms with Gasteiger partial charge in [-0.25, -0.2) is 0 Å². The molecule has 0 heterocycles. The molecule has 14 heavy (non-hydrogen) atoms. The van der Waals surface area contributed by atoms with Gasteiger partial charge in [-0.05, 0) is 50.4 Å². The fourth-order valence-electron chi connectivity index (χ4n) is 3.01. The molecule has 0 aromatic heterocycles. The van der Waals surface area contributed by atoms with Gasteiger partial charge in [-0.1, -0.05) is 18.6 Å². The Morgan fingerprint density at radius 3 is 2.71 bits per heavy atom. The fourth-order valence-corrected chi connectivity index (χ4v) is 3.01. The molecular formula is C13H20O. The highest BCUT2D eigenvalue weighted by molar-refractivity contribution is 5.75. The third kappa shape index (κ3) is 2.26. The van der Waals surface area contributed by atoms with E-state index in [9.17, 15) is 4.79 Å². The van der Waals surface area contributed by atoms with E-state index in [0.29, 0.717) is 5.78 Å². The van der Waals surface area contributed by atoms with Crippen LogP contribution in [0.15, 0.2) is 12.2 Å². The van der Waals surface area contributed by atoms with E-state index >= 15 is 0 Å². The van der Waals surface area contributed by atoms with Gasteiger partial charge in [-0.15, -0.1) is 0 Å². The summed E-state index contributed by atoms with van der Waals surface area (Å²) in [4.78, 5) is 10.8. The van der Waals surface area contributed by atoms with Crippen molar-refractivity contribution in [1.29, 1.82) is 0 Å². The molecule has 1 nitrogen and oxygen atoms in total. The second-order valence-corrected chi connectivity index (χ2v) is 4.99. The Morgan fingerprint density at radius 2 is 2.14 bits per heavy atom. The van der Waals surface area contributed by atoms with E-state index in [2.05, 4.69) is 12.2 Å². The van der Waals surface area contributed by atoms with Crippen molar-refractivity contribution >= 4 is 5.78 Å². The number of fused-ring (bicyclic) bond motifs is 2. The van der Waals surface area contributed by atoms with Crippen molar-refractivity contribution in [2.75, 3.05) is 0 Å². The second kappa shape index (κ2) is 4.29. The summed E-state index contributed by atoms with van der Waals surface area (Å²) in [6.45, 7) is 1.69. The molecule has 3 atom stereocenters. The molecule has 2 aliphatic rings. The Hall–Kier alpha value is -0.590. The van der Waals surface area contributed by atoms with Crippen molar-refractivity contribution in [1.82, 2.24) is 0 Å². The van der Waals surface area contributed by atoms with Crippen molar-refractivity contribution in [2.24, 2.45) is 17.8 Å². The Balaban J connectivity index is 1.63. The summed E-state index contributed by atoms with van der Waals surface area (Å²) in [7, 11) is 0. The van der Waals surface area contributed by atoms with Crippen LogP contribution < -0.4 is 0 Å². The summed E-state index contributed by atoms with van der Waals surface area (Å²) in [5, 5.41) is 0. The van der Waals surface area contributed by atoms with E-state index in [1.807, 2.05) is 0 Å². The highest BCUT2D eigenvalue weighted by Crippen LogP contribution is 2.45. The molecule has 0 N–H and O–H groups in total. The zero-order chi connectivity index (χ0) is 9.97. The highest BCUT2D eigenvalue weighted by atomic mass is 16.1. The molecule has 1 fully saturated rings. The second-order valence-electron chi connectivity index (χ2n) is 4.99. The molecular weight excluding hydrogens is 172 g/mol. The number of unbranched alkanes of at least 4 members (excludes halogenated alkanes) is 1. The van der Waals surface area contributed by atoms with Crippen molar-refractivity contribution in [3.63, 3.8) is 0 Å². The first kappa shape index (κ1) is 9.95. The molecule has 2 rings (SSSR count). The molecule has 78 valence electrons. The lowest BCUT2D eigenvalue weighted by atomic mass is 9.88. The van der Waals surface area contributed by atoms with Crippen molar-refractivity contribution in [2.45, 2.75) is 45.4 Å². The highest BCUT2D eigenvalue weighted by Gasteiger charge is 2.34. The largest absolute Gasteiger partial charge is 0.300 e. The molecule has 0 aliphatic heterocycles. The number of ketones is 1. The minimum Gasteiger partial charge on any atom is -0.300 e. The third-order valence-electron chi connectivity index (χ3n) is 3.77. The van der Waals surface area contributed by atoms with Crippen molar-refractivity contribution in [3.8, 4) is 0 Å². The molecule has 0 aromatic carbocycles. The van der Waals surface area contributed by atoms with Crippen LogP contribution in [0.25, 0.3) is 0 Å². The number of rotatable bonds is 5. The first-order valence-corrected chi connectivity index (χ1v) is 5.93. The minimum absolute atomic E-state index is 0.345. The number of carbonyl (C=O) groups is 1. The number of Topliss-reactive ketones (excluding diaryl/α,β-unsaturated/α-hetero) is 1. The van der Waals surface area contributed by atoms with Gasteiger partial charge in [0.1, 0.15) is 5.78 Å². The van der Waals surface area contributed by atoms with Gasteiger partial charge in [-0.2, -0.15) is 0 Å². The van der Waals surface area contributed by atoms with Gasteiger partial charge in [-0.3, -0.25) is 0 Å². The Bertz CT molecular complexity index is 242. The van der Waals surface area contributed by atoms with Crippen LogP contribution in [0, 0.1) is 17.8 Å². The first-order chi connectivity index (χ1) is 6.75. The summed E-state index contributed by atoms with van der Waals surface area (Å²) in [6.07, 6.45) is 12.1. The molecule has 0 spiro atoms. The quantitative estimate of drug-likeness (QED) is 0.482. The molecule has 1 saturated carbocycles. The lowest BCUT2D eigenvalue weighted by Crippen LogP contribution is -2.06. The minimum atomic E-state index is 0.345. The zero-order valence-electron chi connectivity index (χ0n) is 9.04. The molecule has 0 saturated heterocycles. The average molecular weight is 192 g/mol. The van der Waals surface area contributed by atoms with Gasteiger partial charge in [0.15, 0.2) is 0 Å². The molecule has 2 bridgehead atoms. The summed E-state index contributed by atoms with van der Waals surface area (Å²) in [5.74, 6) is 3.07. The van der Waals surface area contributed by atoms with Crippen LogP contribution in [0.4, 0.5) is 0 Å². The van der Waals surface area contributed by atoms with Gasteiger partial charge in [0, 0.05) is 6.42 Å². The van der Waals surface area contributed by atoms with Gasteiger partial charge >= 0.3 is 0 Å². The van der Waals surface area contributed by atoms with E-state index in [4.69, 9.17) is 0 Å². The normalized spacial score (nSPS) is 33.9. The van der Waals surface area contributed by atoms with Crippen LogP contribution in [0.3, 0.4) is 0 Å². The zero-order valence-corrected chi connectivity index (χ0v) is 9.04. The van der Waals surface area contributed by atoms with Gasteiger partial charge in [0.2, 0.25) is 0 Å². The molecule has 0 radical (unpaired) electrons. The molecule has 3 unspecified atom stereocenters. The van der Waals surface area contributed by atoms with Gasteiger partial charge in [0.25, 0.3) is 0 Å². The van der Waals surface area contributed by atoms with Gasteiger partial charge in [0.05, 0.1) is 0 Å². The monoisotopic (exact) mass is 192 g/mol. The van der Waals surface area contributed by atoms with E-state index in [1.54, 1.807) is 6.92 Å². The number of hydrogen-bond acceptors (Lipinski definition) is 1. The predicted molar refractivity (Wildman–Crippen MR) is 58.0 cm³/mol. The van der Waals surface area contributed by atoms with E-state index in [1.165, 1.54) is 25.7 Å².